The molecule has 0 fully saturated rings. The largest absolute Gasteiger partial charge is 0.487 e. The Morgan fingerprint density at radius 2 is 1.54 bits per heavy atom. The van der Waals surface area contributed by atoms with Crippen molar-refractivity contribution in [2.45, 2.75) is 164 Å². The first kappa shape index (κ1) is 39.4. The first-order valence-electron chi connectivity index (χ1n) is 18.2. The van der Waals surface area contributed by atoms with Gasteiger partial charge in [0.15, 0.2) is 0 Å². The average molecular weight is 641 g/mol. The van der Waals surface area contributed by atoms with Crippen molar-refractivity contribution in [3.05, 3.63) is 32.7 Å². The number of nitrogens with one attached hydrogen (secondary N) is 1. The van der Waals surface area contributed by atoms with Crippen LogP contribution in [0, 0.1) is 38.5 Å². The van der Waals surface area contributed by atoms with Crippen molar-refractivity contribution in [3.8, 4) is 11.5 Å². The second kappa shape index (κ2) is 20.5. The smallest absolute Gasteiger partial charge is 0.311 e. The van der Waals surface area contributed by atoms with Crippen LogP contribution in [0.5, 0.6) is 11.5 Å². The SMILES string of the molecule is Cc1c(C)c2c(c(C)c1OC(=O)CCC(=O)NCCCCCN=[N+]=[N-])CCC(C)(CCC[C@H](C)CCC[C@H](C)CCCC(C)C)O2. The van der Waals surface area contributed by atoms with Crippen molar-refractivity contribution in [1.29, 1.82) is 0 Å². The van der Waals surface area contributed by atoms with E-state index in [9.17, 15) is 9.59 Å². The maximum absolute atomic E-state index is 12.7. The Labute approximate surface area is 279 Å². The van der Waals surface area contributed by atoms with Gasteiger partial charge in [-0.25, -0.2) is 0 Å². The van der Waals surface area contributed by atoms with E-state index in [1.54, 1.807) is 0 Å². The molecule has 1 N–H and O–H groups in total. The van der Waals surface area contributed by atoms with Crippen LogP contribution in [0.2, 0.25) is 0 Å². The van der Waals surface area contributed by atoms with Crippen LogP contribution in [0.15, 0.2) is 5.11 Å². The summed E-state index contributed by atoms with van der Waals surface area (Å²) in [6.45, 7) is 18.8. The van der Waals surface area contributed by atoms with E-state index in [0.717, 1.165) is 84.3 Å². The minimum atomic E-state index is -0.397. The second-order valence-electron chi connectivity index (χ2n) is 14.8. The number of carbonyl (C=O) groups excluding carboxylic acids is 2. The lowest BCUT2D eigenvalue weighted by molar-refractivity contribution is -0.136. The van der Waals surface area contributed by atoms with Gasteiger partial charge in [0.1, 0.15) is 17.1 Å². The molecule has 1 aliphatic rings. The molecule has 0 aliphatic carbocycles. The van der Waals surface area contributed by atoms with Gasteiger partial charge in [-0.1, -0.05) is 84.2 Å². The van der Waals surface area contributed by atoms with Gasteiger partial charge in [-0.15, -0.1) is 0 Å². The molecule has 1 amide bonds. The zero-order chi connectivity index (χ0) is 34.1. The van der Waals surface area contributed by atoms with E-state index in [1.807, 2.05) is 13.8 Å². The highest BCUT2D eigenvalue weighted by molar-refractivity contribution is 5.82. The highest BCUT2D eigenvalue weighted by Gasteiger charge is 2.35. The molecule has 1 aliphatic heterocycles. The fourth-order valence-electron chi connectivity index (χ4n) is 6.64. The molecule has 8 heteroatoms. The van der Waals surface area contributed by atoms with Gasteiger partial charge in [-0.05, 0) is 106 Å². The van der Waals surface area contributed by atoms with E-state index in [4.69, 9.17) is 15.0 Å². The molecule has 1 unspecified atom stereocenters. The molecule has 2 rings (SSSR count). The molecule has 0 spiro atoms. The first-order valence-corrected chi connectivity index (χ1v) is 18.2. The number of hydrogen-bond donors (Lipinski definition) is 1. The van der Waals surface area contributed by atoms with Gasteiger partial charge in [0.2, 0.25) is 5.91 Å². The van der Waals surface area contributed by atoms with Crippen LogP contribution in [-0.4, -0.2) is 30.6 Å². The summed E-state index contributed by atoms with van der Waals surface area (Å²) in [5.41, 5.74) is 12.2. The minimum absolute atomic E-state index is 0.0298. The number of ether oxygens (including phenoxy) is 2. The maximum Gasteiger partial charge on any atom is 0.311 e. The fraction of sp³-hybridized carbons (Fsp3) is 0.789. The van der Waals surface area contributed by atoms with Crippen molar-refractivity contribution in [2.75, 3.05) is 13.1 Å². The van der Waals surface area contributed by atoms with Crippen LogP contribution in [-0.2, 0) is 16.0 Å². The quantitative estimate of drug-likeness (QED) is 0.0339. The van der Waals surface area contributed by atoms with Crippen molar-refractivity contribution >= 4 is 11.9 Å². The molecule has 0 bridgehead atoms. The molecule has 1 aromatic rings. The number of amides is 1. The molecule has 3 atom stereocenters. The third kappa shape index (κ3) is 13.9. The monoisotopic (exact) mass is 640 g/mol. The number of fused-ring (bicyclic) bond motifs is 1. The average Bonchev–Trinajstić information content (AvgIpc) is 3.00. The molecule has 1 aromatic carbocycles. The zero-order valence-electron chi connectivity index (χ0n) is 30.4. The Kier molecular flexibility index (Phi) is 17.6. The van der Waals surface area contributed by atoms with Crippen LogP contribution in [0.25, 0.3) is 10.4 Å². The van der Waals surface area contributed by atoms with E-state index in [-0.39, 0.29) is 24.3 Å². The first-order chi connectivity index (χ1) is 21.9. The number of carbonyl (C=O) groups is 2. The topological polar surface area (TPSA) is 113 Å². The van der Waals surface area contributed by atoms with Crippen LogP contribution in [0.1, 0.15) is 153 Å². The number of benzene rings is 1. The van der Waals surface area contributed by atoms with Crippen LogP contribution < -0.4 is 14.8 Å². The lowest BCUT2D eigenvalue weighted by Crippen LogP contribution is -2.37. The Morgan fingerprint density at radius 1 is 0.891 bits per heavy atom. The van der Waals surface area contributed by atoms with Gasteiger partial charge < -0.3 is 14.8 Å². The van der Waals surface area contributed by atoms with Gasteiger partial charge >= 0.3 is 5.97 Å². The third-order valence-electron chi connectivity index (χ3n) is 9.93. The fourth-order valence-corrected chi connectivity index (χ4v) is 6.64. The molecule has 46 heavy (non-hydrogen) atoms. The lowest BCUT2D eigenvalue weighted by atomic mass is 9.83. The van der Waals surface area contributed by atoms with E-state index in [1.165, 1.54) is 51.4 Å². The molecule has 260 valence electrons. The number of hydrogen-bond acceptors (Lipinski definition) is 5. The third-order valence-corrected chi connectivity index (χ3v) is 9.93. The van der Waals surface area contributed by atoms with Crippen molar-refractivity contribution < 1.29 is 19.1 Å². The maximum atomic E-state index is 12.7. The predicted octanol–water partition coefficient (Wildman–Crippen LogP) is 10.4. The highest BCUT2D eigenvalue weighted by Crippen LogP contribution is 2.45. The Hall–Kier alpha value is -2.73. The Balaban J connectivity index is 1.81. The van der Waals surface area contributed by atoms with Crippen LogP contribution in [0.3, 0.4) is 0 Å². The van der Waals surface area contributed by atoms with E-state index in [0.29, 0.717) is 18.8 Å². The van der Waals surface area contributed by atoms with Crippen molar-refractivity contribution in [3.63, 3.8) is 0 Å². The van der Waals surface area contributed by atoms with Gasteiger partial charge in [-0.3, -0.25) is 9.59 Å². The summed E-state index contributed by atoms with van der Waals surface area (Å²) in [6, 6.07) is 0. The van der Waals surface area contributed by atoms with Crippen molar-refractivity contribution in [2.24, 2.45) is 22.9 Å². The summed E-state index contributed by atoms with van der Waals surface area (Å²) in [5, 5.41) is 6.35. The molecular formula is C38H64N4O4. The van der Waals surface area contributed by atoms with Crippen molar-refractivity contribution in [1.82, 2.24) is 5.32 Å². The van der Waals surface area contributed by atoms with E-state index < -0.39 is 5.97 Å². The molecule has 0 radical (unpaired) electrons. The Morgan fingerprint density at radius 3 is 2.20 bits per heavy atom. The molecular weight excluding hydrogens is 576 g/mol. The summed E-state index contributed by atoms with van der Waals surface area (Å²) in [6.07, 6.45) is 16.0. The number of rotatable bonds is 22. The van der Waals surface area contributed by atoms with E-state index in [2.05, 4.69) is 56.9 Å². The standard InChI is InChI=1S/C38H64N4O4/c1-27(2)15-12-16-28(3)17-13-18-29(4)19-14-23-38(8)24-22-33-32(7)36(30(5)31(6)37(33)46-38)45-35(44)21-20-34(43)40-25-10-9-11-26-41-42-39/h27-29H,9-26H2,1-8H3,(H,40,43)/t28-,29-,38?/m1/s1. The van der Waals surface area contributed by atoms with Gasteiger partial charge in [0, 0.05) is 30.0 Å². The molecule has 0 aromatic heterocycles. The Bertz CT molecular complexity index is 1160. The molecule has 0 saturated carbocycles. The number of azide groups is 1. The van der Waals surface area contributed by atoms with Gasteiger partial charge in [0.05, 0.1) is 6.42 Å². The van der Waals surface area contributed by atoms with Crippen LogP contribution in [0.4, 0.5) is 0 Å². The second-order valence-corrected chi connectivity index (χ2v) is 14.8. The summed E-state index contributed by atoms with van der Waals surface area (Å²) < 4.78 is 12.6. The number of nitrogens with zero attached hydrogens (tertiary/aromatic N) is 3. The minimum Gasteiger partial charge on any atom is -0.487 e. The normalized spacial score (nSPS) is 17.1. The zero-order valence-corrected chi connectivity index (χ0v) is 30.4. The number of unbranched alkanes of at least 4 members (excludes halogenated alkanes) is 2. The number of esters is 1. The highest BCUT2D eigenvalue weighted by atomic mass is 16.5. The summed E-state index contributed by atoms with van der Waals surface area (Å²) in [7, 11) is 0. The molecule has 1 heterocycles. The molecule has 8 nitrogen and oxygen atoms in total. The lowest BCUT2D eigenvalue weighted by Gasteiger charge is -2.38. The van der Waals surface area contributed by atoms with E-state index >= 15 is 0 Å². The van der Waals surface area contributed by atoms with Crippen LogP contribution >= 0.6 is 0 Å². The summed E-state index contributed by atoms with van der Waals surface area (Å²) in [5.74, 6) is 3.42. The predicted molar refractivity (Wildman–Crippen MR) is 188 cm³/mol. The van der Waals surface area contributed by atoms with Gasteiger partial charge in [0.25, 0.3) is 0 Å². The molecule has 0 saturated heterocycles. The van der Waals surface area contributed by atoms with Gasteiger partial charge in [-0.2, -0.15) is 0 Å². The summed E-state index contributed by atoms with van der Waals surface area (Å²) in [4.78, 5) is 27.7. The summed E-state index contributed by atoms with van der Waals surface area (Å²) >= 11 is 0.